The molecular formula is C10H20N2O2. The van der Waals surface area contributed by atoms with E-state index in [1.165, 1.54) is 0 Å². The van der Waals surface area contributed by atoms with Gasteiger partial charge < -0.3 is 15.3 Å². The number of carbonyl (C=O) groups excluding carboxylic acids is 1. The highest BCUT2D eigenvalue weighted by Gasteiger charge is 2.29. The minimum Gasteiger partial charge on any atom is -0.394 e. The number of aliphatic hydroxyl groups excluding tert-OH is 1. The van der Waals surface area contributed by atoms with Gasteiger partial charge in [0.25, 0.3) is 0 Å². The third kappa shape index (κ3) is 2.45. The zero-order valence-corrected chi connectivity index (χ0v) is 9.16. The first-order chi connectivity index (χ1) is 6.56. The average molecular weight is 200 g/mol. The fraction of sp³-hybridized carbons (Fsp3) is 0.900. The van der Waals surface area contributed by atoms with Crippen LogP contribution < -0.4 is 5.32 Å². The Morgan fingerprint density at radius 2 is 2.29 bits per heavy atom. The van der Waals surface area contributed by atoms with E-state index in [0.717, 1.165) is 13.1 Å². The fourth-order valence-corrected chi connectivity index (χ4v) is 1.73. The van der Waals surface area contributed by atoms with E-state index in [2.05, 4.69) is 12.2 Å². The molecule has 0 spiro atoms. The maximum Gasteiger partial charge on any atom is 0.242 e. The second-order valence-corrected chi connectivity index (χ2v) is 4.33. The summed E-state index contributed by atoms with van der Waals surface area (Å²) in [4.78, 5) is 13.7. The Hall–Kier alpha value is -0.610. The molecule has 1 rings (SSSR count). The number of aliphatic hydroxyl groups is 1. The van der Waals surface area contributed by atoms with Gasteiger partial charge >= 0.3 is 0 Å². The van der Waals surface area contributed by atoms with E-state index < -0.39 is 6.04 Å². The molecule has 0 aromatic carbocycles. The quantitative estimate of drug-likeness (QED) is 0.650. The molecular weight excluding hydrogens is 180 g/mol. The molecule has 0 aliphatic carbocycles. The number of amides is 1. The van der Waals surface area contributed by atoms with Crippen molar-refractivity contribution in [3.05, 3.63) is 0 Å². The summed E-state index contributed by atoms with van der Waals surface area (Å²) in [6.45, 7) is 7.57. The van der Waals surface area contributed by atoms with Crippen molar-refractivity contribution in [2.75, 3.05) is 19.7 Å². The van der Waals surface area contributed by atoms with Crippen molar-refractivity contribution in [2.24, 2.45) is 5.92 Å². The third-order valence-corrected chi connectivity index (χ3v) is 2.61. The molecule has 1 heterocycles. The normalized spacial score (nSPS) is 29.5. The first-order valence-corrected chi connectivity index (χ1v) is 5.21. The zero-order valence-electron chi connectivity index (χ0n) is 9.16. The monoisotopic (exact) mass is 200 g/mol. The molecule has 1 fully saturated rings. The maximum absolute atomic E-state index is 11.9. The standard InChI is InChI=1S/C10H20N2O2/c1-7(2)12-5-8(3)4-11-9(6-13)10(12)14/h7-9,11,13H,4-6H2,1-3H3. The van der Waals surface area contributed by atoms with Crippen molar-refractivity contribution < 1.29 is 9.90 Å². The summed E-state index contributed by atoms with van der Waals surface area (Å²) in [7, 11) is 0. The van der Waals surface area contributed by atoms with E-state index in [0.29, 0.717) is 5.92 Å². The lowest BCUT2D eigenvalue weighted by Crippen LogP contribution is -2.48. The topological polar surface area (TPSA) is 52.6 Å². The molecule has 1 aliphatic rings. The summed E-state index contributed by atoms with van der Waals surface area (Å²) >= 11 is 0. The Morgan fingerprint density at radius 1 is 1.64 bits per heavy atom. The molecule has 2 N–H and O–H groups in total. The summed E-state index contributed by atoms with van der Waals surface area (Å²) in [5.74, 6) is 0.463. The molecule has 4 nitrogen and oxygen atoms in total. The highest BCUT2D eigenvalue weighted by atomic mass is 16.3. The van der Waals surface area contributed by atoms with E-state index in [1.807, 2.05) is 18.7 Å². The lowest BCUT2D eigenvalue weighted by atomic mass is 10.1. The number of hydrogen-bond acceptors (Lipinski definition) is 3. The molecule has 0 aromatic heterocycles. The molecule has 14 heavy (non-hydrogen) atoms. The number of hydrogen-bond donors (Lipinski definition) is 2. The second-order valence-electron chi connectivity index (χ2n) is 4.33. The van der Waals surface area contributed by atoms with Gasteiger partial charge in [0.1, 0.15) is 6.04 Å². The van der Waals surface area contributed by atoms with E-state index in [1.54, 1.807) is 0 Å². The van der Waals surface area contributed by atoms with Gasteiger partial charge in [0.15, 0.2) is 0 Å². The van der Waals surface area contributed by atoms with Gasteiger partial charge in [-0.2, -0.15) is 0 Å². The molecule has 82 valence electrons. The van der Waals surface area contributed by atoms with Crippen molar-refractivity contribution in [3.63, 3.8) is 0 Å². The van der Waals surface area contributed by atoms with E-state index in [4.69, 9.17) is 5.11 Å². The van der Waals surface area contributed by atoms with Crippen LogP contribution in [0.4, 0.5) is 0 Å². The molecule has 2 unspecified atom stereocenters. The Kier molecular flexibility index (Phi) is 3.89. The Labute approximate surface area is 85.3 Å². The Balaban J connectivity index is 2.75. The van der Waals surface area contributed by atoms with Crippen LogP contribution in [0.3, 0.4) is 0 Å². The first-order valence-electron chi connectivity index (χ1n) is 5.21. The minimum absolute atomic E-state index is 0.0202. The summed E-state index contributed by atoms with van der Waals surface area (Å²) in [6.07, 6.45) is 0. The van der Waals surface area contributed by atoms with Crippen LogP contribution in [0.25, 0.3) is 0 Å². The summed E-state index contributed by atoms with van der Waals surface area (Å²) in [5.41, 5.74) is 0. The second kappa shape index (κ2) is 4.75. The predicted molar refractivity (Wildman–Crippen MR) is 54.9 cm³/mol. The Bertz CT molecular complexity index is 206. The van der Waals surface area contributed by atoms with Gasteiger partial charge in [-0.3, -0.25) is 4.79 Å². The average Bonchev–Trinajstić information content (AvgIpc) is 2.26. The summed E-state index contributed by atoms with van der Waals surface area (Å²) < 4.78 is 0. The van der Waals surface area contributed by atoms with Crippen molar-refractivity contribution in [3.8, 4) is 0 Å². The van der Waals surface area contributed by atoms with Crippen LogP contribution in [0.1, 0.15) is 20.8 Å². The number of nitrogens with zero attached hydrogens (tertiary/aromatic N) is 1. The van der Waals surface area contributed by atoms with Gasteiger partial charge in [0.2, 0.25) is 5.91 Å². The van der Waals surface area contributed by atoms with Crippen LogP contribution in [0.2, 0.25) is 0 Å². The Morgan fingerprint density at radius 3 is 2.79 bits per heavy atom. The number of rotatable bonds is 2. The zero-order chi connectivity index (χ0) is 10.7. The van der Waals surface area contributed by atoms with Crippen LogP contribution >= 0.6 is 0 Å². The summed E-state index contributed by atoms with van der Waals surface area (Å²) in [5, 5.41) is 12.1. The largest absolute Gasteiger partial charge is 0.394 e. The van der Waals surface area contributed by atoms with Gasteiger partial charge in [-0.15, -0.1) is 0 Å². The lowest BCUT2D eigenvalue weighted by Gasteiger charge is -2.28. The van der Waals surface area contributed by atoms with E-state index in [9.17, 15) is 4.79 Å². The SMILES string of the molecule is CC1CNC(CO)C(=O)N(C(C)C)C1. The molecule has 1 aliphatic heterocycles. The predicted octanol–water partition coefficient (Wildman–Crippen LogP) is -0.176. The fourth-order valence-electron chi connectivity index (χ4n) is 1.73. The molecule has 0 bridgehead atoms. The van der Waals surface area contributed by atoms with Crippen molar-refractivity contribution in [1.82, 2.24) is 10.2 Å². The van der Waals surface area contributed by atoms with Crippen molar-refractivity contribution >= 4 is 5.91 Å². The highest BCUT2D eigenvalue weighted by Crippen LogP contribution is 2.10. The van der Waals surface area contributed by atoms with Crippen molar-refractivity contribution in [1.29, 1.82) is 0 Å². The van der Waals surface area contributed by atoms with Crippen LogP contribution in [0.15, 0.2) is 0 Å². The van der Waals surface area contributed by atoms with Crippen LogP contribution in [-0.4, -0.2) is 47.7 Å². The van der Waals surface area contributed by atoms with Gasteiger partial charge in [-0.25, -0.2) is 0 Å². The maximum atomic E-state index is 11.9. The van der Waals surface area contributed by atoms with Gasteiger partial charge in [0.05, 0.1) is 6.61 Å². The molecule has 1 saturated heterocycles. The minimum atomic E-state index is -0.414. The van der Waals surface area contributed by atoms with Gasteiger partial charge in [-0.05, 0) is 19.8 Å². The molecule has 1 amide bonds. The van der Waals surface area contributed by atoms with Gasteiger partial charge in [0, 0.05) is 19.1 Å². The van der Waals surface area contributed by atoms with Gasteiger partial charge in [-0.1, -0.05) is 6.92 Å². The molecule has 0 saturated carbocycles. The molecule has 4 heteroatoms. The molecule has 2 atom stereocenters. The smallest absolute Gasteiger partial charge is 0.242 e. The number of nitrogens with one attached hydrogen (secondary N) is 1. The van der Waals surface area contributed by atoms with E-state index >= 15 is 0 Å². The highest BCUT2D eigenvalue weighted by molar-refractivity contribution is 5.82. The summed E-state index contributed by atoms with van der Waals surface area (Å²) in [6, 6.07) is -0.207. The lowest BCUT2D eigenvalue weighted by molar-refractivity contribution is -0.135. The molecule has 0 radical (unpaired) electrons. The van der Waals surface area contributed by atoms with Crippen LogP contribution in [0.5, 0.6) is 0 Å². The third-order valence-electron chi connectivity index (χ3n) is 2.61. The van der Waals surface area contributed by atoms with Crippen LogP contribution in [0, 0.1) is 5.92 Å². The number of carbonyl (C=O) groups is 1. The first kappa shape index (κ1) is 11.5. The van der Waals surface area contributed by atoms with Crippen molar-refractivity contribution in [2.45, 2.75) is 32.9 Å². The van der Waals surface area contributed by atoms with Crippen LogP contribution in [-0.2, 0) is 4.79 Å². The van der Waals surface area contributed by atoms with E-state index in [-0.39, 0.29) is 18.6 Å². The molecule has 0 aromatic rings.